The molecule has 198 valence electrons. The highest BCUT2D eigenvalue weighted by Crippen LogP contribution is 2.53. The second kappa shape index (κ2) is 8.55. The average Bonchev–Trinajstić information content (AvgIpc) is 3.46. The number of ether oxygens (including phenoxy) is 2. The van der Waals surface area contributed by atoms with Gasteiger partial charge in [-0.15, -0.1) is 0 Å². The summed E-state index contributed by atoms with van der Waals surface area (Å²) in [5.74, 6) is -0.237. The van der Waals surface area contributed by atoms with E-state index in [1.165, 1.54) is 0 Å². The number of hydrogen-bond acceptors (Lipinski definition) is 11. The molecule has 0 radical (unpaired) electrons. The van der Waals surface area contributed by atoms with Crippen LogP contribution in [0.5, 0.6) is 0 Å². The van der Waals surface area contributed by atoms with Gasteiger partial charge in [-0.05, 0) is 38.2 Å². The molecule has 3 fully saturated rings. The summed E-state index contributed by atoms with van der Waals surface area (Å²) in [5, 5.41) is 6.85. The lowest BCUT2D eigenvalue weighted by Crippen LogP contribution is -2.82. The Balaban J connectivity index is 1.58. The summed E-state index contributed by atoms with van der Waals surface area (Å²) < 4.78 is 33.6. The van der Waals surface area contributed by atoms with Crippen LogP contribution in [0, 0.1) is 11.2 Å². The SMILES string of the molecule is CSC[C@H]1COCN1c1noc2c(F)c3c(cc12)CC1(C=O)C(=O)NC(=O)NN[C@@]12[C@H](C)O[C@H](C)CN32. The van der Waals surface area contributed by atoms with Gasteiger partial charge in [0.25, 0.3) is 0 Å². The molecule has 4 aliphatic heterocycles. The third-order valence-electron chi connectivity index (χ3n) is 7.86. The Morgan fingerprint density at radius 2 is 2.16 bits per heavy atom. The zero-order chi connectivity index (χ0) is 26.1. The maximum absolute atomic E-state index is 16.4. The molecule has 6 rings (SSSR count). The van der Waals surface area contributed by atoms with Crippen molar-refractivity contribution < 1.29 is 32.8 Å². The minimum absolute atomic E-state index is 0.0335. The van der Waals surface area contributed by atoms with Crippen LogP contribution in [0.4, 0.5) is 20.7 Å². The molecule has 1 spiro atoms. The van der Waals surface area contributed by atoms with Crippen molar-refractivity contribution in [1.29, 1.82) is 0 Å². The summed E-state index contributed by atoms with van der Waals surface area (Å²) in [6.07, 6.45) is 1.18. The molecule has 1 aromatic heterocycles. The van der Waals surface area contributed by atoms with Crippen molar-refractivity contribution in [2.45, 2.75) is 44.2 Å². The molecule has 3 amide bonds. The molecule has 37 heavy (non-hydrogen) atoms. The quantitative estimate of drug-likeness (QED) is 0.381. The summed E-state index contributed by atoms with van der Waals surface area (Å²) in [5.41, 5.74) is 2.43. The number of nitrogens with one attached hydrogen (secondary N) is 3. The van der Waals surface area contributed by atoms with Crippen molar-refractivity contribution in [3.63, 3.8) is 0 Å². The number of aldehydes is 1. The predicted octanol–water partition coefficient (Wildman–Crippen LogP) is 0.888. The summed E-state index contributed by atoms with van der Waals surface area (Å²) in [4.78, 5) is 42.3. The number of aromatic nitrogens is 1. The number of halogens is 1. The van der Waals surface area contributed by atoms with Crippen molar-refractivity contribution >= 4 is 52.5 Å². The maximum atomic E-state index is 16.4. The lowest BCUT2D eigenvalue weighted by Gasteiger charge is -2.61. The lowest BCUT2D eigenvalue weighted by atomic mass is 9.64. The first-order chi connectivity index (χ1) is 17.8. The van der Waals surface area contributed by atoms with Gasteiger partial charge in [0.1, 0.15) is 18.4 Å². The van der Waals surface area contributed by atoms with E-state index in [4.69, 9.17) is 14.0 Å². The summed E-state index contributed by atoms with van der Waals surface area (Å²) >= 11 is 1.66. The van der Waals surface area contributed by atoms with Crippen LogP contribution in [0.15, 0.2) is 10.6 Å². The fraction of sp³-hybridized carbons (Fsp3) is 0.565. The number of anilines is 2. The third-order valence-corrected chi connectivity index (χ3v) is 8.58. The van der Waals surface area contributed by atoms with Crippen molar-refractivity contribution in [2.24, 2.45) is 5.41 Å². The molecular weight excluding hydrogens is 507 g/mol. The van der Waals surface area contributed by atoms with Crippen molar-refractivity contribution in [3.8, 4) is 0 Å². The molecule has 3 saturated heterocycles. The van der Waals surface area contributed by atoms with Gasteiger partial charge in [0.2, 0.25) is 11.5 Å². The van der Waals surface area contributed by atoms with Gasteiger partial charge in [0, 0.05) is 12.3 Å². The highest BCUT2D eigenvalue weighted by atomic mass is 32.2. The van der Waals surface area contributed by atoms with Gasteiger partial charge in [-0.2, -0.15) is 11.8 Å². The van der Waals surface area contributed by atoms with E-state index in [1.54, 1.807) is 29.7 Å². The molecule has 1 unspecified atom stereocenters. The van der Waals surface area contributed by atoms with Crippen LogP contribution >= 0.6 is 11.8 Å². The zero-order valence-corrected chi connectivity index (χ0v) is 21.3. The third kappa shape index (κ3) is 3.19. The Morgan fingerprint density at radius 1 is 1.35 bits per heavy atom. The lowest BCUT2D eigenvalue weighted by molar-refractivity contribution is -0.160. The normalized spacial score (nSPS) is 33.4. The number of fused-ring (bicyclic) bond motifs is 3. The molecule has 3 N–H and O–H groups in total. The fourth-order valence-corrected chi connectivity index (χ4v) is 6.94. The van der Waals surface area contributed by atoms with Crippen molar-refractivity contribution in [2.75, 3.05) is 41.7 Å². The van der Waals surface area contributed by atoms with Gasteiger partial charge in [0.05, 0.1) is 35.9 Å². The van der Waals surface area contributed by atoms with Gasteiger partial charge in [-0.3, -0.25) is 15.5 Å². The van der Waals surface area contributed by atoms with Crippen LogP contribution in [0.1, 0.15) is 19.4 Å². The number of imide groups is 1. The van der Waals surface area contributed by atoms with Gasteiger partial charge in [-0.25, -0.2) is 14.6 Å². The number of carbonyl (C=O) groups excluding carboxylic acids is 3. The van der Waals surface area contributed by atoms with Crippen LogP contribution in [0.2, 0.25) is 0 Å². The first-order valence-electron chi connectivity index (χ1n) is 12.0. The maximum Gasteiger partial charge on any atom is 0.335 e. The van der Waals surface area contributed by atoms with Crippen molar-refractivity contribution in [1.82, 2.24) is 21.3 Å². The molecule has 4 aliphatic rings. The Morgan fingerprint density at radius 3 is 2.92 bits per heavy atom. The molecular formula is C23H27FN6O6S. The van der Waals surface area contributed by atoms with E-state index in [0.717, 1.165) is 5.75 Å². The van der Waals surface area contributed by atoms with E-state index in [1.807, 2.05) is 18.1 Å². The van der Waals surface area contributed by atoms with Crippen LogP contribution in [-0.4, -0.2) is 79.2 Å². The predicted molar refractivity (Wildman–Crippen MR) is 132 cm³/mol. The Kier molecular flexibility index (Phi) is 5.64. The van der Waals surface area contributed by atoms with Crippen LogP contribution in [0.25, 0.3) is 11.0 Å². The topological polar surface area (TPSA) is 138 Å². The second-order valence-electron chi connectivity index (χ2n) is 9.93. The molecule has 2 aromatic rings. The highest BCUT2D eigenvalue weighted by Gasteiger charge is 2.69. The van der Waals surface area contributed by atoms with Gasteiger partial charge in [-0.1, -0.05) is 5.16 Å². The number of carbonyl (C=O) groups is 3. The number of thioether (sulfide) groups is 1. The van der Waals surface area contributed by atoms with E-state index in [-0.39, 0.29) is 43.1 Å². The van der Waals surface area contributed by atoms with E-state index >= 15 is 4.39 Å². The molecule has 12 nitrogen and oxygen atoms in total. The van der Waals surface area contributed by atoms with Crippen molar-refractivity contribution in [3.05, 3.63) is 17.4 Å². The van der Waals surface area contributed by atoms with Gasteiger partial charge >= 0.3 is 6.03 Å². The Hall–Kier alpha value is -2.94. The minimum Gasteiger partial charge on any atom is -0.370 e. The Bertz CT molecular complexity index is 1310. The number of benzene rings is 1. The standard InChI is InChI=1S/C23H27FN6O6S/c1-11-6-30-17-13(5-22(9-31)20(32)25-21(33)26-28-23(22,30)12(2)35-11)4-15-18(16(17)24)36-27-19(15)29-10-34-7-14(29)8-37-3/h4,9,11-12,14,28H,5-8,10H2,1-3H3,(H2,25,26,32,33)/t11-,12+,14-,22?,23-/m1/s1. The van der Waals surface area contributed by atoms with E-state index in [9.17, 15) is 14.4 Å². The average molecular weight is 535 g/mol. The summed E-state index contributed by atoms with van der Waals surface area (Å²) in [7, 11) is 0. The number of hydrazine groups is 1. The molecule has 5 atom stereocenters. The molecule has 0 saturated carbocycles. The summed E-state index contributed by atoms with van der Waals surface area (Å²) in [6, 6.07) is 0.937. The summed E-state index contributed by atoms with van der Waals surface area (Å²) in [6.45, 7) is 4.44. The van der Waals surface area contributed by atoms with Crippen LogP contribution < -0.4 is 26.0 Å². The Labute approximate surface area is 215 Å². The zero-order valence-electron chi connectivity index (χ0n) is 20.5. The number of hydrogen-bond donors (Lipinski definition) is 3. The van der Waals surface area contributed by atoms with Gasteiger partial charge in [0.15, 0.2) is 17.3 Å². The van der Waals surface area contributed by atoms with Crippen LogP contribution in [0.3, 0.4) is 0 Å². The van der Waals surface area contributed by atoms with Crippen LogP contribution in [-0.2, 0) is 25.5 Å². The first kappa shape index (κ1) is 24.4. The number of morpholine rings is 1. The monoisotopic (exact) mass is 534 g/mol. The van der Waals surface area contributed by atoms with E-state index in [2.05, 4.69) is 21.3 Å². The first-order valence-corrected chi connectivity index (χ1v) is 13.4. The molecule has 1 aromatic carbocycles. The largest absolute Gasteiger partial charge is 0.370 e. The molecule has 0 bridgehead atoms. The number of amides is 3. The number of rotatable bonds is 4. The fourth-order valence-electron chi connectivity index (χ4n) is 6.28. The smallest absolute Gasteiger partial charge is 0.335 e. The molecule has 5 heterocycles. The minimum atomic E-state index is -1.83. The van der Waals surface area contributed by atoms with Gasteiger partial charge < -0.3 is 28.6 Å². The number of nitrogens with zero attached hydrogens (tertiary/aromatic N) is 3. The second-order valence-corrected chi connectivity index (χ2v) is 10.8. The molecule has 0 aliphatic carbocycles. The molecule has 14 heteroatoms. The highest BCUT2D eigenvalue weighted by molar-refractivity contribution is 7.98. The van der Waals surface area contributed by atoms with E-state index in [0.29, 0.717) is 29.7 Å². The van der Waals surface area contributed by atoms with E-state index < -0.39 is 34.9 Å². The number of urea groups is 1.